The zero-order valence-electron chi connectivity index (χ0n) is 16.0. The molecule has 1 amide bonds. The second kappa shape index (κ2) is 8.41. The third-order valence-electron chi connectivity index (χ3n) is 3.99. The van der Waals surface area contributed by atoms with Crippen molar-refractivity contribution in [3.8, 4) is 5.75 Å². The van der Waals surface area contributed by atoms with Crippen LogP contribution in [0, 0.1) is 0 Å². The summed E-state index contributed by atoms with van der Waals surface area (Å²) < 4.78 is 11.3. The SMILES string of the molecule is CC(C)(C)OC(=O)N1CC=CC1c1cccc(COc2ccc(Cl)cc2Cl)n1. The number of halogens is 2. The van der Waals surface area contributed by atoms with Gasteiger partial charge in [0.1, 0.15) is 18.0 Å². The molecule has 0 spiro atoms. The number of pyridine rings is 1. The zero-order chi connectivity index (χ0) is 20.3. The molecule has 2 heterocycles. The fourth-order valence-electron chi connectivity index (χ4n) is 2.77. The van der Waals surface area contributed by atoms with Crippen molar-refractivity contribution in [1.29, 1.82) is 0 Å². The van der Waals surface area contributed by atoms with E-state index in [0.717, 1.165) is 11.4 Å². The maximum Gasteiger partial charge on any atom is 0.411 e. The number of benzene rings is 1. The molecule has 0 N–H and O–H groups in total. The maximum atomic E-state index is 12.5. The average Bonchev–Trinajstić information content (AvgIpc) is 3.10. The Kier molecular flexibility index (Phi) is 6.16. The molecule has 0 fully saturated rings. The molecular weight excluding hydrogens is 399 g/mol. The van der Waals surface area contributed by atoms with E-state index in [1.54, 1.807) is 23.1 Å². The van der Waals surface area contributed by atoms with Gasteiger partial charge in [0.2, 0.25) is 0 Å². The van der Waals surface area contributed by atoms with Crippen LogP contribution < -0.4 is 4.74 Å². The number of hydrogen-bond donors (Lipinski definition) is 0. The van der Waals surface area contributed by atoms with E-state index in [9.17, 15) is 4.79 Å². The van der Waals surface area contributed by atoms with Crippen LogP contribution in [-0.2, 0) is 11.3 Å². The van der Waals surface area contributed by atoms with E-state index in [1.807, 2.05) is 51.1 Å². The van der Waals surface area contributed by atoms with Crippen LogP contribution in [0.4, 0.5) is 4.79 Å². The van der Waals surface area contributed by atoms with Gasteiger partial charge in [0.25, 0.3) is 0 Å². The Morgan fingerprint density at radius 2 is 2.04 bits per heavy atom. The normalized spacial score (nSPS) is 16.3. The standard InChI is InChI=1S/C21H22Cl2N2O3/c1-21(2,3)28-20(26)25-11-5-8-18(25)17-7-4-6-15(24-17)13-27-19-10-9-14(22)12-16(19)23/h4-10,12,18H,11,13H2,1-3H3. The minimum absolute atomic E-state index is 0.248. The van der Waals surface area contributed by atoms with Crippen molar-refractivity contribution in [3.05, 3.63) is 70.0 Å². The maximum absolute atomic E-state index is 12.5. The van der Waals surface area contributed by atoms with Gasteiger partial charge in [-0.1, -0.05) is 41.4 Å². The third-order valence-corrected chi connectivity index (χ3v) is 4.52. The molecule has 1 aliphatic rings. The summed E-state index contributed by atoms with van der Waals surface area (Å²) in [7, 11) is 0. The molecule has 0 saturated carbocycles. The van der Waals surface area contributed by atoms with E-state index in [-0.39, 0.29) is 18.7 Å². The summed E-state index contributed by atoms with van der Waals surface area (Å²) in [5.74, 6) is 0.536. The number of ether oxygens (including phenoxy) is 2. The van der Waals surface area contributed by atoms with E-state index < -0.39 is 5.60 Å². The highest BCUT2D eigenvalue weighted by atomic mass is 35.5. The highest BCUT2D eigenvalue weighted by Crippen LogP contribution is 2.29. The molecule has 28 heavy (non-hydrogen) atoms. The van der Waals surface area contributed by atoms with Crippen molar-refractivity contribution in [2.45, 2.75) is 39.0 Å². The van der Waals surface area contributed by atoms with Gasteiger partial charge < -0.3 is 9.47 Å². The van der Waals surface area contributed by atoms with Gasteiger partial charge in [-0.25, -0.2) is 4.79 Å². The number of aromatic nitrogens is 1. The van der Waals surface area contributed by atoms with Crippen LogP contribution in [0.25, 0.3) is 0 Å². The van der Waals surface area contributed by atoms with Crippen molar-refractivity contribution in [2.75, 3.05) is 6.54 Å². The lowest BCUT2D eigenvalue weighted by Gasteiger charge is -2.28. The topological polar surface area (TPSA) is 51.7 Å². The van der Waals surface area contributed by atoms with Gasteiger partial charge in [-0.15, -0.1) is 0 Å². The molecule has 5 nitrogen and oxygen atoms in total. The van der Waals surface area contributed by atoms with Crippen LogP contribution in [0.1, 0.15) is 38.2 Å². The van der Waals surface area contributed by atoms with Gasteiger partial charge >= 0.3 is 6.09 Å². The van der Waals surface area contributed by atoms with Crippen molar-refractivity contribution < 1.29 is 14.3 Å². The summed E-state index contributed by atoms with van der Waals surface area (Å²) in [6.07, 6.45) is 3.53. The monoisotopic (exact) mass is 420 g/mol. The third kappa shape index (κ3) is 5.18. The van der Waals surface area contributed by atoms with E-state index in [4.69, 9.17) is 32.7 Å². The molecular formula is C21H22Cl2N2O3. The second-order valence-corrected chi connectivity index (χ2v) is 8.27. The molecule has 0 saturated heterocycles. The van der Waals surface area contributed by atoms with Gasteiger partial charge in [-0.2, -0.15) is 0 Å². The molecule has 3 rings (SSSR count). The van der Waals surface area contributed by atoms with Crippen LogP contribution >= 0.6 is 23.2 Å². The van der Waals surface area contributed by atoms with Crippen LogP contribution in [-0.4, -0.2) is 28.1 Å². The van der Waals surface area contributed by atoms with Crippen molar-refractivity contribution in [1.82, 2.24) is 9.88 Å². The quantitative estimate of drug-likeness (QED) is 0.584. The Balaban J connectivity index is 1.71. The first-order valence-electron chi connectivity index (χ1n) is 8.93. The number of amides is 1. The molecule has 148 valence electrons. The highest BCUT2D eigenvalue weighted by molar-refractivity contribution is 6.35. The van der Waals surface area contributed by atoms with E-state index >= 15 is 0 Å². The number of nitrogens with zero attached hydrogens (tertiary/aromatic N) is 2. The smallest absolute Gasteiger partial charge is 0.411 e. The summed E-state index contributed by atoms with van der Waals surface area (Å²) in [5, 5.41) is 0.992. The van der Waals surface area contributed by atoms with Gasteiger partial charge in [0.05, 0.1) is 22.5 Å². The molecule has 1 atom stereocenters. The van der Waals surface area contributed by atoms with Gasteiger partial charge in [-0.05, 0) is 51.1 Å². The van der Waals surface area contributed by atoms with Crippen molar-refractivity contribution in [3.63, 3.8) is 0 Å². The van der Waals surface area contributed by atoms with Gasteiger partial charge in [0, 0.05) is 11.6 Å². The van der Waals surface area contributed by atoms with Crippen LogP contribution in [0.15, 0.2) is 48.6 Å². The number of carbonyl (C=O) groups excluding carboxylic acids is 1. The van der Waals surface area contributed by atoms with Crippen molar-refractivity contribution >= 4 is 29.3 Å². The Labute approximate surface area is 174 Å². The summed E-state index contributed by atoms with van der Waals surface area (Å²) in [5.41, 5.74) is 0.932. The first-order chi connectivity index (χ1) is 13.2. The first-order valence-corrected chi connectivity index (χ1v) is 9.68. The lowest BCUT2D eigenvalue weighted by atomic mass is 10.1. The number of carbonyl (C=O) groups is 1. The van der Waals surface area contributed by atoms with E-state index in [2.05, 4.69) is 4.98 Å². The summed E-state index contributed by atoms with van der Waals surface area (Å²) in [6.45, 7) is 6.28. The number of hydrogen-bond acceptors (Lipinski definition) is 4. The average molecular weight is 421 g/mol. The fourth-order valence-corrected chi connectivity index (χ4v) is 3.24. The van der Waals surface area contributed by atoms with E-state index in [0.29, 0.717) is 22.3 Å². The minimum atomic E-state index is -0.550. The second-order valence-electron chi connectivity index (χ2n) is 7.42. The lowest BCUT2D eigenvalue weighted by Crippen LogP contribution is -2.37. The first kappa shape index (κ1) is 20.5. The van der Waals surface area contributed by atoms with Crippen LogP contribution in [0.3, 0.4) is 0 Å². The van der Waals surface area contributed by atoms with E-state index in [1.165, 1.54) is 0 Å². The summed E-state index contributed by atoms with van der Waals surface area (Å²) in [6, 6.07) is 10.4. The zero-order valence-corrected chi connectivity index (χ0v) is 17.5. The molecule has 1 aromatic heterocycles. The Morgan fingerprint density at radius 3 is 2.75 bits per heavy atom. The van der Waals surface area contributed by atoms with Crippen molar-refractivity contribution in [2.24, 2.45) is 0 Å². The molecule has 0 bridgehead atoms. The Morgan fingerprint density at radius 1 is 1.25 bits per heavy atom. The molecule has 1 aliphatic heterocycles. The highest BCUT2D eigenvalue weighted by Gasteiger charge is 2.30. The molecule has 1 aromatic carbocycles. The minimum Gasteiger partial charge on any atom is -0.486 e. The Bertz CT molecular complexity index is 893. The van der Waals surface area contributed by atoms with Crippen LogP contribution in [0.2, 0.25) is 10.0 Å². The molecule has 0 radical (unpaired) electrons. The van der Waals surface area contributed by atoms with Gasteiger partial charge in [-0.3, -0.25) is 9.88 Å². The fraction of sp³-hybridized carbons (Fsp3) is 0.333. The predicted octanol–water partition coefficient (Wildman–Crippen LogP) is 5.82. The Hall–Kier alpha value is -2.24. The van der Waals surface area contributed by atoms with Crippen LogP contribution in [0.5, 0.6) is 5.75 Å². The molecule has 0 aliphatic carbocycles. The van der Waals surface area contributed by atoms with Gasteiger partial charge in [0.15, 0.2) is 0 Å². The molecule has 7 heteroatoms. The molecule has 2 aromatic rings. The summed E-state index contributed by atoms with van der Waals surface area (Å²) in [4.78, 5) is 18.8. The summed E-state index contributed by atoms with van der Waals surface area (Å²) >= 11 is 12.0. The largest absolute Gasteiger partial charge is 0.486 e. The predicted molar refractivity (Wildman–Crippen MR) is 110 cm³/mol. The number of rotatable bonds is 4. The lowest BCUT2D eigenvalue weighted by molar-refractivity contribution is 0.0237. The molecule has 1 unspecified atom stereocenters.